The van der Waals surface area contributed by atoms with Crippen molar-refractivity contribution in [3.05, 3.63) is 59.7 Å². The van der Waals surface area contributed by atoms with Crippen molar-refractivity contribution in [2.45, 2.75) is 38.2 Å². The lowest BCUT2D eigenvalue weighted by Gasteiger charge is -2.36. The molecule has 1 heterocycles. The first-order valence-electron chi connectivity index (χ1n) is 9.80. The molecular formula is C23H27NO5. The molecule has 0 bridgehead atoms. The molecule has 1 amide bonds. The van der Waals surface area contributed by atoms with Crippen molar-refractivity contribution in [2.75, 3.05) is 25.6 Å². The van der Waals surface area contributed by atoms with Gasteiger partial charge in [0.05, 0.1) is 18.6 Å². The van der Waals surface area contributed by atoms with Crippen LogP contribution in [0.15, 0.2) is 48.5 Å². The van der Waals surface area contributed by atoms with Crippen molar-refractivity contribution in [1.29, 1.82) is 0 Å². The van der Waals surface area contributed by atoms with Gasteiger partial charge in [-0.1, -0.05) is 30.3 Å². The van der Waals surface area contributed by atoms with Gasteiger partial charge in [0.2, 0.25) is 5.91 Å². The van der Waals surface area contributed by atoms with Gasteiger partial charge in [-0.25, -0.2) is 4.79 Å². The van der Waals surface area contributed by atoms with E-state index in [-0.39, 0.29) is 17.6 Å². The number of hydrogen-bond donors (Lipinski definition) is 1. The zero-order valence-corrected chi connectivity index (χ0v) is 17.1. The van der Waals surface area contributed by atoms with Crippen LogP contribution in [-0.4, -0.2) is 38.3 Å². The second-order valence-electron chi connectivity index (χ2n) is 7.38. The van der Waals surface area contributed by atoms with Crippen LogP contribution in [0.5, 0.6) is 5.75 Å². The third-order valence-electron chi connectivity index (χ3n) is 5.11. The highest BCUT2D eigenvalue weighted by Gasteiger charge is 2.41. The van der Waals surface area contributed by atoms with Crippen LogP contribution in [-0.2, 0) is 19.7 Å². The number of nitrogens with one attached hydrogen (secondary N) is 1. The summed E-state index contributed by atoms with van der Waals surface area (Å²) in [6.45, 7) is 4.81. The van der Waals surface area contributed by atoms with Crippen molar-refractivity contribution >= 4 is 17.6 Å². The number of carbonyl (C=O) groups is 2. The molecule has 0 unspecified atom stereocenters. The van der Waals surface area contributed by atoms with Gasteiger partial charge in [-0.3, -0.25) is 4.79 Å². The Labute approximate surface area is 171 Å². The highest BCUT2D eigenvalue weighted by atomic mass is 16.5. The molecule has 1 aliphatic rings. The Morgan fingerprint density at radius 3 is 2.38 bits per heavy atom. The number of benzene rings is 2. The number of esters is 1. The Morgan fingerprint density at radius 2 is 1.76 bits per heavy atom. The predicted molar refractivity (Wildman–Crippen MR) is 110 cm³/mol. The number of ether oxygens (including phenoxy) is 3. The lowest BCUT2D eigenvalue weighted by atomic mass is 9.73. The van der Waals surface area contributed by atoms with E-state index < -0.39 is 11.4 Å². The third kappa shape index (κ3) is 4.59. The van der Waals surface area contributed by atoms with E-state index in [1.54, 1.807) is 18.2 Å². The van der Waals surface area contributed by atoms with E-state index in [0.29, 0.717) is 37.5 Å². The second-order valence-corrected chi connectivity index (χ2v) is 7.38. The molecule has 154 valence electrons. The summed E-state index contributed by atoms with van der Waals surface area (Å²) in [5, 5.41) is 2.99. The minimum absolute atomic E-state index is 0.0950. The summed E-state index contributed by atoms with van der Waals surface area (Å²) < 4.78 is 16.1. The summed E-state index contributed by atoms with van der Waals surface area (Å²) in [6.07, 6.45) is 1.10. The minimum Gasteiger partial charge on any atom is -0.490 e. The van der Waals surface area contributed by atoms with Gasteiger partial charge < -0.3 is 19.5 Å². The Kier molecular flexibility index (Phi) is 6.54. The number of hydrogen-bond acceptors (Lipinski definition) is 5. The average Bonchev–Trinajstić information content (AvgIpc) is 2.75. The molecule has 0 saturated carbocycles. The molecule has 0 aromatic heterocycles. The molecule has 0 atom stereocenters. The quantitative estimate of drug-likeness (QED) is 0.747. The van der Waals surface area contributed by atoms with E-state index in [2.05, 4.69) is 5.32 Å². The molecule has 6 heteroatoms. The van der Waals surface area contributed by atoms with Gasteiger partial charge in [-0.15, -0.1) is 0 Å². The third-order valence-corrected chi connectivity index (χ3v) is 5.11. The Hall–Kier alpha value is -2.86. The standard InChI is InChI=1S/C23H27NO5/c1-16(2)29-20-10-9-18(15-19(20)21(25)27-3)24-22(26)23(11-13-28-14-12-23)17-7-5-4-6-8-17/h4-10,15-16H,11-14H2,1-3H3,(H,24,26). The fourth-order valence-electron chi connectivity index (χ4n) is 3.61. The molecule has 1 fully saturated rings. The summed E-state index contributed by atoms with van der Waals surface area (Å²) in [7, 11) is 1.32. The Balaban J connectivity index is 1.91. The minimum atomic E-state index is -0.669. The predicted octanol–water partition coefficient (Wildman–Crippen LogP) is 3.95. The highest BCUT2D eigenvalue weighted by molar-refractivity contribution is 6.01. The molecule has 6 nitrogen and oxygen atoms in total. The highest BCUT2D eigenvalue weighted by Crippen LogP contribution is 2.36. The van der Waals surface area contributed by atoms with Crippen LogP contribution in [0.2, 0.25) is 0 Å². The van der Waals surface area contributed by atoms with E-state index in [4.69, 9.17) is 14.2 Å². The molecule has 1 N–H and O–H groups in total. The lowest BCUT2D eigenvalue weighted by Crippen LogP contribution is -2.44. The average molecular weight is 397 g/mol. The number of methoxy groups -OCH3 is 1. The van der Waals surface area contributed by atoms with Crippen molar-refractivity contribution < 1.29 is 23.8 Å². The molecule has 1 saturated heterocycles. The van der Waals surface area contributed by atoms with E-state index >= 15 is 0 Å². The first-order chi connectivity index (χ1) is 14.0. The maximum atomic E-state index is 13.4. The number of rotatable bonds is 6. The molecule has 1 aliphatic heterocycles. The van der Waals surface area contributed by atoms with Crippen molar-refractivity contribution in [2.24, 2.45) is 0 Å². The lowest BCUT2D eigenvalue weighted by molar-refractivity contribution is -0.125. The maximum absolute atomic E-state index is 13.4. The van der Waals surface area contributed by atoms with Crippen molar-refractivity contribution in [3.8, 4) is 5.75 Å². The molecule has 29 heavy (non-hydrogen) atoms. The van der Waals surface area contributed by atoms with Gasteiger partial charge in [-0.2, -0.15) is 0 Å². The molecule has 0 radical (unpaired) electrons. The summed E-state index contributed by atoms with van der Waals surface area (Å²) in [5.74, 6) is -0.199. The van der Waals surface area contributed by atoms with Gasteiger partial charge in [-0.05, 0) is 50.5 Å². The first kappa shape index (κ1) is 20.9. The van der Waals surface area contributed by atoms with Gasteiger partial charge in [0, 0.05) is 18.9 Å². The smallest absolute Gasteiger partial charge is 0.341 e. The Morgan fingerprint density at radius 1 is 1.07 bits per heavy atom. The fourth-order valence-corrected chi connectivity index (χ4v) is 3.61. The van der Waals surface area contributed by atoms with Crippen LogP contribution in [0.4, 0.5) is 5.69 Å². The van der Waals surface area contributed by atoms with Crippen LogP contribution in [0.1, 0.15) is 42.6 Å². The van der Waals surface area contributed by atoms with E-state index in [9.17, 15) is 9.59 Å². The van der Waals surface area contributed by atoms with E-state index in [1.165, 1.54) is 7.11 Å². The van der Waals surface area contributed by atoms with E-state index in [1.807, 2.05) is 44.2 Å². The van der Waals surface area contributed by atoms with Crippen molar-refractivity contribution in [1.82, 2.24) is 0 Å². The largest absolute Gasteiger partial charge is 0.490 e. The van der Waals surface area contributed by atoms with Gasteiger partial charge in [0.1, 0.15) is 11.3 Å². The van der Waals surface area contributed by atoms with Crippen LogP contribution in [0.3, 0.4) is 0 Å². The van der Waals surface area contributed by atoms with Crippen LogP contribution < -0.4 is 10.1 Å². The topological polar surface area (TPSA) is 73.9 Å². The molecule has 3 rings (SSSR count). The summed E-state index contributed by atoms with van der Waals surface area (Å²) in [4.78, 5) is 25.6. The zero-order chi connectivity index (χ0) is 20.9. The number of carbonyl (C=O) groups excluding carboxylic acids is 2. The molecule has 2 aromatic carbocycles. The van der Waals surface area contributed by atoms with Gasteiger partial charge >= 0.3 is 5.97 Å². The SMILES string of the molecule is COC(=O)c1cc(NC(=O)C2(c3ccccc3)CCOCC2)ccc1OC(C)C. The number of anilines is 1. The summed E-state index contributed by atoms with van der Waals surface area (Å²) in [6, 6.07) is 14.8. The van der Waals surface area contributed by atoms with Crippen molar-refractivity contribution in [3.63, 3.8) is 0 Å². The van der Waals surface area contributed by atoms with Crippen LogP contribution in [0, 0.1) is 0 Å². The monoisotopic (exact) mass is 397 g/mol. The fraction of sp³-hybridized carbons (Fsp3) is 0.391. The summed E-state index contributed by atoms with van der Waals surface area (Å²) >= 11 is 0. The van der Waals surface area contributed by atoms with Gasteiger partial charge in [0.25, 0.3) is 0 Å². The van der Waals surface area contributed by atoms with Crippen LogP contribution >= 0.6 is 0 Å². The molecule has 0 aliphatic carbocycles. The Bertz CT molecular complexity index is 857. The van der Waals surface area contributed by atoms with Crippen LogP contribution in [0.25, 0.3) is 0 Å². The number of amides is 1. The second kappa shape index (κ2) is 9.09. The summed E-state index contributed by atoms with van der Waals surface area (Å²) in [5.41, 5.74) is 1.10. The molecular weight excluding hydrogens is 370 g/mol. The van der Waals surface area contributed by atoms with Gasteiger partial charge in [0.15, 0.2) is 0 Å². The molecule has 0 spiro atoms. The zero-order valence-electron chi connectivity index (χ0n) is 17.1. The normalized spacial score (nSPS) is 15.6. The van der Waals surface area contributed by atoms with E-state index in [0.717, 1.165) is 5.56 Å². The molecule has 2 aromatic rings. The first-order valence-corrected chi connectivity index (χ1v) is 9.80. The maximum Gasteiger partial charge on any atom is 0.341 e.